The molecule has 0 fully saturated rings. The SMILES string of the molecule is COc1ccc(/C=C/c2ccn(CC(C)(C)N)c(=O)c2)cc1. The molecule has 2 rings (SSSR count). The first kappa shape index (κ1) is 16.0. The zero-order valence-corrected chi connectivity index (χ0v) is 13.2. The molecule has 4 nitrogen and oxygen atoms in total. The maximum atomic E-state index is 12.1. The van der Waals surface area contributed by atoms with Crippen LogP contribution >= 0.6 is 0 Å². The number of nitrogens with zero attached hydrogens (tertiary/aromatic N) is 1. The Kier molecular flexibility index (Phi) is 4.83. The molecule has 1 aromatic heterocycles. The predicted molar refractivity (Wildman–Crippen MR) is 90.9 cm³/mol. The standard InChI is InChI=1S/C18H22N2O2/c1-18(2,19)13-20-11-10-15(12-17(20)21)5-4-14-6-8-16(22-3)9-7-14/h4-12H,13,19H2,1-3H3/b5-4+. The van der Waals surface area contributed by atoms with Crippen molar-refractivity contribution in [1.29, 1.82) is 0 Å². The summed E-state index contributed by atoms with van der Waals surface area (Å²) in [6, 6.07) is 11.3. The lowest BCUT2D eigenvalue weighted by Crippen LogP contribution is -2.40. The molecule has 0 aliphatic heterocycles. The molecule has 0 unspecified atom stereocenters. The largest absolute Gasteiger partial charge is 0.497 e. The Labute approximate surface area is 130 Å². The Morgan fingerprint density at radius 1 is 1.14 bits per heavy atom. The highest BCUT2D eigenvalue weighted by Gasteiger charge is 2.11. The molecule has 0 aliphatic rings. The number of nitrogens with two attached hydrogens (primary N) is 1. The van der Waals surface area contributed by atoms with Gasteiger partial charge in [0.1, 0.15) is 5.75 Å². The molecule has 1 aromatic carbocycles. The Bertz CT molecular complexity index is 707. The summed E-state index contributed by atoms with van der Waals surface area (Å²) in [6.45, 7) is 4.29. The maximum absolute atomic E-state index is 12.1. The van der Waals surface area contributed by atoms with Crippen LogP contribution in [0.15, 0.2) is 47.4 Å². The van der Waals surface area contributed by atoms with Crippen molar-refractivity contribution >= 4 is 12.2 Å². The first-order valence-corrected chi connectivity index (χ1v) is 7.19. The van der Waals surface area contributed by atoms with Gasteiger partial charge in [0.25, 0.3) is 5.56 Å². The number of methoxy groups -OCH3 is 1. The number of ether oxygens (including phenoxy) is 1. The summed E-state index contributed by atoms with van der Waals surface area (Å²) in [5, 5.41) is 0. The second kappa shape index (κ2) is 6.62. The van der Waals surface area contributed by atoms with Crippen LogP contribution in [0.2, 0.25) is 0 Å². The van der Waals surface area contributed by atoms with Gasteiger partial charge in [-0.05, 0) is 43.2 Å². The monoisotopic (exact) mass is 298 g/mol. The third kappa shape index (κ3) is 4.60. The molecule has 2 aromatic rings. The number of rotatable bonds is 5. The quantitative estimate of drug-likeness (QED) is 0.923. The van der Waals surface area contributed by atoms with Crippen molar-refractivity contribution in [3.63, 3.8) is 0 Å². The molecule has 0 atom stereocenters. The molecule has 0 aliphatic carbocycles. The number of hydrogen-bond donors (Lipinski definition) is 1. The Hall–Kier alpha value is -2.33. The van der Waals surface area contributed by atoms with Gasteiger partial charge in [-0.15, -0.1) is 0 Å². The predicted octanol–water partition coefficient (Wildman–Crippen LogP) is 2.76. The minimum Gasteiger partial charge on any atom is -0.497 e. The number of benzene rings is 1. The molecule has 22 heavy (non-hydrogen) atoms. The van der Waals surface area contributed by atoms with Crippen LogP contribution in [-0.4, -0.2) is 17.2 Å². The van der Waals surface area contributed by atoms with Gasteiger partial charge in [-0.25, -0.2) is 0 Å². The lowest BCUT2D eigenvalue weighted by atomic mass is 10.1. The van der Waals surface area contributed by atoms with Crippen LogP contribution in [0.25, 0.3) is 12.2 Å². The third-order valence-electron chi connectivity index (χ3n) is 3.18. The second-order valence-corrected chi connectivity index (χ2v) is 6.02. The summed E-state index contributed by atoms with van der Waals surface area (Å²) >= 11 is 0. The molecule has 4 heteroatoms. The molecule has 0 bridgehead atoms. The molecular formula is C18H22N2O2. The van der Waals surface area contributed by atoms with E-state index in [0.29, 0.717) is 6.54 Å². The molecule has 1 heterocycles. The van der Waals surface area contributed by atoms with Crippen molar-refractivity contribution in [3.05, 3.63) is 64.1 Å². The summed E-state index contributed by atoms with van der Waals surface area (Å²) in [7, 11) is 1.64. The summed E-state index contributed by atoms with van der Waals surface area (Å²) < 4.78 is 6.75. The number of aromatic nitrogens is 1. The van der Waals surface area contributed by atoms with Gasteiger partial charge in [0.15, 0.2) is 0 Å². The van der Waals surface area contributed by atoms with Crippen molar-refractivity contribution < 1.29 is 4.74 Å². The highest BCUT2D eigenvalue weighted by molar-refractivity contribution is 5.69. The Morgan fingerprint density at radius 2 is 1.77 bits per heavy atom. The van der Waals surface area contributed by atoms with E-state index in [1.165, 1.54) is 0 Å². The molecule has 116 valence electrons. The molecule has 0 saturated carbocycles. The zero-order valence-electron chi connectivity index (χ0n) is 13.2. The van der Waals surface area contributed by atoms with Crippen molar-refractivity contribution in [2.45, 2.75) is 25.9 Å². The summed E-state index contributed by atoms with van der Waals surface area (Å²) in [6.07, 6.45) is 5.66. The van der Waals surface area contributed by atoms with Crippen LogP contribution < -0.4 is 16.0 Å². The van der Waals surface area contributed by atoms with Gasteiger partial charge in [-0.1, -0.05) is 24.3 Å². The maximum Gasteiger partial charge on any atom is 0.251 e. The molecule has 0 amide bonds. The molecule has 0 spiro atoms. The van der Waals surface area contributed by atoms with Gasteiger partial charge in [0.05, 0.1) is 7.11 Å². The first-order valence-electron chi connectivity index (χ1n) is 7.19. The minimum atomic E-state index is -0.412. The highest BCUT2D eigenvalue weighted by atomic mass is 16.5. The lowest BCUT2D eigenvalue weighted by molar-refractivity contribution is 0.415. The molecule has 0 saturated heterocycles. The van der Waals surface area contributed by atoms with Gasteiger partial charge in [-0.2, -0.15) is 0 Å². The van der Waals surface area contributed by atoms with Crippen LogP contribution in [-0.2, 0) is 6.54 Å². The average molecular weight is 298 g/mol. The summed E-state index contributed by atoms with van der Waals surface area (Å²) in [5.74, 6) is 0.823. The number of pyridine rings is 1. The van der Waals surface area contributed by atoms with Gasteiger partial charge >= 0.3 is 0 Å². The first-order chi connectivity index (χ1) is 10.4. The number of hydrogen-bond acceptors (Lipinski definition) is 3. The van der Waals surface area contributed by atoms with E-state index in [-0.39, 0.29) is 5.56 Å². The summed E-state index contributed by atoms with van der Waals surface area (Å²) in [5.41, 5.74) is 7.41. The van der Waals surface area contributed by atoms with E-state index >= 15 is 0 Å². The second-order valence-electron chi connectivity index (χ2n) is 6.02. The van der Waals surface area contributed by atoms with Crippen LogP contribution in [0.5, 0.6) is 5.75 Å². The normalized spacial score (nSPS) is 11.8. The topological polar surface area (TPSA) is 57.2 Å². The molecule has 0 radical (unpaired) electrons. The Morgan fingerprint density at radius 3 is 2.32 bits per heavy atom. The minimum absolute atomic E-state index is 0.0459. The van der Waals surface area contributed by atoms with Crippen LogP contribution in [0.1, 0.15) is 25.0 Å². The molecule has 2 N–H and O–H groups in total. The van der Waals surface area contributed by atoms with E-state index in [1.807, 2.05) is 56.3 Å². The van der Waals surface area contributed by atoms with E-state index in [9.17, 15) is 4.79 Å². The lowest BCUT2D eigenvalue weighted by Gasteiger charge is -2.19. The van der Waals surface area contributed by atoms with E-state index in [4.69, 9.17) is 10.5 Å². The fraction of sp³-hybridized carbons (Fsp3) is 0.278. The Balaban J connectivity index is 2.14. The van der Waals surface area contributed by atoms with Gasteiger partial charge in [-0.3, -0.25) is 4.79 Å². The van der Waals surface area contributed by atoms with Crippen LogP contribution in [0.3, 0.4) is 0 Å². The summed E-state index contributed by atoms with van der Waals surface area (Å²) in [4.78, 5) is 12.1. The van der Waals surface area contributed by atoms with Gasteiger partial charge < -0.3 is 15.0 Å². The fourth-order valence-corrected chi connectivity index (χ4v) is 2.10. The van der Waals surface area contributed by atoms with Crippen LogP contribution in [0.4, 0.5) is 0 Å². The smallest absolute Gasteiger partial charge is 0.251 e. The van der Waals surface area contributed by atoms with E-state index in [0.717, 1.165) is 16.9 Å². The average Bonchev–Trinajstić information content (AvgIpc) is 2.47. The van der Waals surface area contributed by atoms with E-state index in [1.54, 1.807) is 23.9 Å². The van der Waals surface area contributed by atoms with Crippen molar-refractivity contribution in [2.75, 3.05) is 7.11 Å². The highest BCUT2D eigenvalue weighted by Crippen LogP contribution is 2.13. The van der Waals surface area contributed by atoms with Crippen molar-refractivity contribution in [3.8, 4) is 5.75 Å². The fourth-order valence-electron chi connectivity index (χ4n) is 2.10. The third-order valence-corrected chi connectivity index (χ3v) is 3.18. The van der Waals surface area contributed by atoms with Gasteiger partial charge in [0.2, 0.25) is 0 Å². The molecular weight excluding hydrogens is 276 g/mol. The zero-order chi connectivity index (χ0) is 16.2. The van der Waals surface area contributed by atoms with Crippen LogP contribution in [0, 0.1) is 0 Å². The van der Waals surface area contributed by atoms with E-state index in [2.05, 4.69) is 0 Å². The van der Waals surface area contributed by atoms with Gasteiger partial charge in [0, 0.05) is 24.3 Å². The van der Waals surface area contributed by atoms with Crippen molar-refractivity contribution in [1.82, 2.24) is 4.57 Å². The van der Waals surface area contributed by atoms with Crippen molar-refractivity contribution in [2.24, 2.45) is 5.73 Å². The van der Waals surface area contributed by atoms with E-state index < -0.39 is 5.54 Å².